The maximum absolute atomic E-state index is 12.1. The molecular formula is C17H21NO4. The molecule has 3 fully saturated rings. The highest BCUT2D eigenvalue weighted by atomic mass is 16.6. The molecule has 6 atom stereocenters. The minimum Gasteiger partial charge on any atom is -0.460 e. The number of aliphatic hydroxyl groups is 1. The van der Waals surface area contributed by atoms with Crippen molar-refractivity contribution in [1.29, 1.82) is 0 Å². The summed E-state index contributed by atoms with van der Waals surface area (Å²) in [6.45, 7) is 0. The van der Waals surface area contributed by atoms with E-state index in [1.807, 2.05) is 30.3 Å². The smallest absolute Gasteiger partial charge is 0.335 e. The summed E-state index contributed by atoms with van der Waals surface area (Å²) >= 11 is 0. The van der Waals surface area contributed by atoms with Gasteiger partial charge in [0.1, 0.15) is 18.3 Å². The van der Waals surface area contributed by atoms with Crippen LogP contribution in [0.5, 0.6) is 0 Å². The van der Waals surface area contributed by atoms with E-state index in [2.05, 4.69) is 11.9 Å². The highest BCUT2D eigenvalue weighted by molar-refractivity contribution is 5.75. The minimum atomic E-state index is -1.09. The van der Waals surface area contributed by atoms with E-state index in [0.29, 0.717) is 30.7 Å². The second kappa shape index (κ2) is 5.33. The van der Waals surface area contributed by atoms with Gasteiger partial charge in [0.15, 0.2) is 6.10 Å². The number of rotatable bonds is 4. The van der Waals surface area contributed by atoms with E-state index >= 15 is 0 Å². The number of carbonyl (C=O) groups is 1. The first-order valence-electron chi connectivity index (χ1n) is 7.93. The number of esters is 1. The van der Waals surface area contributed by atoms with Crippen molar-refractivity contribution in [2.24, 2.45) is 0 Å². The SMILES string of the molecule is CN1[C@@H]2CC(OC(=O)[C@@H](O)Cc3ccccc3)C[C@H]1[C@H]1O[C@H]12. The van der Waals surface area contributed by atoms with E-state index in [1.54, 1.807) is 0 Å². The molecule has 3 saturated heterocycles. The average Bonchev–Trinajstić information content (AvgIpc) is 3.26. The number of benzene rings is 1. The molecule has 0 radical (unpaired) electrons. The Morgan fingerprint density at radius 2 is 1.95 bits per heavy atom. The van der Waals surface area contributed by atoms with Crippen LogP contribution >= 0.6 is 0 Å². The molecule has 1 aromatic carbocycles. The highest BCUT2D eigenvalue weighted by Crippen LogP contribution is 2.47. The molecule has 5 heteroatoms. The fraction of sp³-hybridized carbons (Fsp3) is 0.588. The fourth-order valence-corrected chi connectivity index (χ4v) is 3.96. The van der Waals surface area contributed by atoms with Gasteiger partial charge in [-0.25, -0.2) is 4.79 Å². The molecule has 4 rings (SSSR count). The zero-order chi connectivity index (χ0) is 15.3. The number of likely N-dealkylation sites (N-methyl/N-ethyl adjacent to an activating group) is 1. The summed E-state index contributed by atoms with van der Waals surface area (Å²) in [4.78, 5) is 14.5. The number of piperidine rings is 1. The Labute approximate surface area is 129 Å². The van der Waals surface area contributed by atoms with Crippen LogP contribution in [0.15, 0.2) is 30.3 Å². The molecule has 3 aliphatic rings. The molecule has 0 amide bonds. The van der Waals surface area contributed by atoms with Crippen molar-refractivity contribution < 1.29 is 19.4 Å². The highest BCUT2D eigenvalue weighted by Gasteiger charge is 2.62. The number of epoxide rings is 1. The van der Waals surface area contributed by atoms with Crippen LogP contribution in [0, 0.1) is 0 Å². The third-order valence-corrected chi connectivity index (χ3v) is 5.20. The number of morpholine rings is 1. The first-order valence-corrected chi connectivity index (χ1v) is 7.93. The lowest BCUT2D eigenvalue weighted by Crippen LogP contribution is -2.48. The van der Waals surface area contributed by atoms with E-state index < -0.39 is 12.1 Å². The Hall–Kier alpha value is -1.43. The van der Waals surface area contributed by atoms with Crippen molar-refractivity contribution >= 4 is 5.97 Å². The molecule has 22 heavy (non-hydrogen) atoms. The summed E-state index contributed by atoms with van der Waals surface area (Å²) in [6, 6.07) is 10.2. The largest absolute Gasteiger partial charge is 0.460 e. The average molecular weight is 303 g/mol. The molecule has 0 aromatic heterocycles. The number of ether oxygens (including phenoxy) is 2. The normalized spacial score (nSPS) is 37.5. The van der Waals surface area contributed by atoms with E-state index in [9.17, 15) is 9.90 Å². The maximum Gasteiger partial charge on any atom is 0.335 e. The molecule has 0 saturated carbocycles. The number of hydrogen-bond donors (Lipinski definition) is 1. The van der Waals surface area contributed by atoms with Crippen LogP contribution in [0.4, 0.5) is 0 Å². The molecule has 118 valence electrons. The number of nitrogens with zero attached hydrogens (tertiary/aromatic N) is 1. The molecule has 1 unspecified atom stereocenters. The lowest BCUT2D eigenvalue weighted by Gasteiger charge is -2.38. The van der Waals surface area contributed by atoms with Gasteiger partial charge in [-0.15, -0.1) is 0 Å². The number of carbonyl (C=O) groups excluding carboxylic acids is 1. The first-order chi connectivity index (χ1) is 10.6. The molecule has 5 nitrogen and oxygen atoms in total. The molecule has 0 spiro atoms. The first kappa shape index (κ1) is 14.2. The fourth-order valence-electron chi connectivity index (χ4n) is 3.96. The third-order valence-electron chi connectivity index (χ3n) is 5.20. The van der Waals surface area contributed by atoms with Gasteiger partial charge >= 0.3 is 5.97 Å². The van der Waals surface area contributed by atoms with E-state index in [0.717, 1.165) is 18.4 Å². The van der Waals surface area contributed by atoms with Crippen LogP contribution in [0.2, 0.25) is 0 Å². The van der Waals surface area contributed by atoms with Crippen LogP contribution in [0.1, 0.15) is 18.4 Å². The van der Waals surface area contributed by atoms with E-state index in [4.69, 9.17) is 9.47 Å². The maximum atomic E-state index is 12.1. The summed E-state index contributed by atoms with van der Waals surface area (Å²) in [5.74, 6) is -0.507. The number of fused-ring (bicyclic) bond motifs is 5. The molecule has 1 aromatic rings. The van der Waals surface area contributed by atoms with Crippen LogP contribution in [-0.2, 0) is 20.7 Å². The second-order valence-corrected chi connectivity index (χ2v) is 6.60. The zero-order valence-corrected chi connectivity index (χ0v) is 12.6. The quantitative estimate of drug-likeness (QED) is 0.657. The van der Waals surface area contributed by atoms with Crippen molar-refractivity contribution in [3.8, 4) is 0 Å². The van der Waals surface area contributed by atoms with Crippen molar-refractivity contribution in [2.45, 2.75) is 55.8 Å². The second-order valence-electron chi connectivity index (χ2n) is 6.60. The minimum absolute atomic E-state index is 0.0967. The molecule has 1 N–H and O–H groups in total. The lowest BCUT2D eigenvalue weighted by atomic mass is 9.99. The van der Waals surface area contributed by atoms with Gasteiger partial charge in [0.25, 0.3) is 0 Å². The molecular weight excluding hydrogens is 282 g/mol. The predicted octanol–water partition coefficient (Wildman–Crippen LogP) is 0.746. The van der Waals surface area contributed by atoms with Crippen LogP contribution in [0.25, 0.3) is 0 Å². The van der Waals surface area contributed by atoms with Crippen molar-refractivity contribution in [1.82, 2.24) is 4.90 Å². The lowest BCUT2D eigenvalue weighted by molar-refractivity contribution is -0.163. The van der Waals surface area contributed by atoms with Gasteiger partial charge in [0, 0.05) is 31.3 Å². The Morgan fingerprint density at radius 1 is 1.32 bits per heavy atom. The van der Waals surface area contributed by atoms with E-state index in [-0.39, 0.29) is 6.10 Å². The van der Waals surface area contributed by atoms with Gasteiger partial charge in [-0.1, -0.05) is 30.3 Å². The van der Waals surface area contributed by atoms with Gasteiger partial charge in [-0.2, -0.15) is 0 Å². The summed E-state index contributed by atoms with van der Waals surface area (Å²) < 4.78 is 11.2. The van der Waals surface area contributed by atoms with Crippen LogP contribution in [-0.4, -0.2) is 59.5 Å². The van der Waals surface area contributed by atoms with Gasteiger partial charge < -0.3 is 14.6 Å². The number of hydrogen-bond acceptors (Lipinski definition) is 5. The molecule has 3 heterocycles. The van der Waals surface area contributed by atoms with Gasteiger partial charge in [0.2, 0.25) is 0 Å². The van der Waals surface area contributed by atoms with E-state index in [1.165, 1.54) is 0 Å². The van der Waals surface area contributed by atoms with Gasteiger partial charge in [-0.05, 0) is 12.6 Å². The predicted molar refractivity (Wildman–Crippen MR) is 79.3 cm³/mol. The Kier molecular flexibility index (Phi) is 3.44. The molecule has 0 aliphatic carbocycles. The van der Waals surface area contributed by atoms with Crippen molar-refractivity contribution in [3.05, 3.63) is 35.9 Å². The zero-order valence-electron chi connectivity index (χ0n) is 12.6. The van der Waals surface area contributed by atoms with Crippen LogP contribution in [0.3, 0.4) is 0 Å². The summed E-state index contributed by atoms with van der Waals surface area (Å²) in [5.41, 5.74) is 0.935. The van der Waals surface area contributed by atoms with Crippen molar-refractivity contribution in [3.63, 3.8) is 0 Å². The molecule has 3 aliphatic heterocycles. The van der Waals surface area contributed by atoms with Crippen molar-refractivity contribution in [2.75, 3.05) is 7.05 Å². The molecule has 2 bridgehead atoms. The Bertz CT molecular complexity index is 545. The Balaban J connectivity index is 1.33. The summed E-state index contributed by atoms with van der Waals surface area (Å²) in [5, 5.41) is 10.1. The van der Waals surface area contributed by atoms with Crippen LogP contribution < -0.4 is 0 Å². The summed E-state index contributed by atoms with van der Waals surface area (Å²) in [6.07, 6.45) is 1.37. The number of aliphatic hydroxyl groups excluding tert-OH is 1. The standard InChI is InChI=1S/C17H21NO4/c1-18-12-8-11(9-13(18)16-15(12)22-16)21-17(20)14(19)7-10-5-3-2-4-6-10/h2-6,11-16,19H,7-9H2,1H3/t11?,12-,13+,14-,15+,16-/m0/s1. The topological polar surface area (TPSA) is 62.3 Å². The van der Waals surface area contributed by atoms with Gasteiger partial charge in [0.05, 0.1) is 0 Å². The summed E-state index contributed by atoms with van der Waals surface area (Å²) in [7, 11) is 2.12. The monoisotopic (exact) mass is 303 g/mol. The van der Waals surface area contributed by atoms with Gasteiger partial charge in [-0.3, -0.25) is 4.90 Å². The third kappa shape index (κ3) is 2.43. The Morgan fingerprint density at radius 3 is 2.59 bits per heavy atom.